The van der Waals surface area contributed by atoms with Crippen LogP contribution in [0.2, 0.25) is 0 Å². The highest BCUT2D eigenvalue weighted by Crippen LogP contribution is 2.36. The molecule has 2 rings (SSSR count). The average molecular weight is 236 g/mol. The number of hydrogen-bond acceptors (Lipinski definition) is 5. The Morgan fingerprint density at radius 3 is 2.62 bits per heavy atom. The zero-order valence-corrected chi connectivity index (χ0v) is 9.88. The molecular formula is C11H12N2O2S. The van der Waals surface area contributed by atoms with Gasteiger partial charge in [-0.15, -0.1) is 0 Å². The normalized spacial score (nSPS) is 10.1. The number of ether oxygens (including phenoxy) is 2. The van der Waals surface area contributed by atoms with Crippen molar-refractivity contribution >= 4 is 16.5 Å². The third-order valence-electron chi connectivity index (χ3n) is 2.20. The van der Waals surface area contributed by atoms with E-state index in [1.165, 1.54) is 11.3 Å². The average Bonchev–Trinajstić information content (AvgIpc) is 2.74. The molecule has 0 spiro atoms. The van der Waals surface area contributed by atoms with Gasteiger partial charge in [-0.3, -0.25) is 0 Å². The second kappa shape index (κ2) is 4.40. The summed E-state index contributed by atoms with van der Waals surface area (Å²) in [6.07, 6.45) is 1.74. The molecule has 2 N–H and O–H groups in total. The number of aromatic nitrogens is 1. The van der Waals surface area contributed by atoms with Gasteiger partial charge in [0.2, 0.25) is 0 Å². The number of nitrogen functional groups attached to an aromatic ring is 1. The third kappa shape index (κ3) is 1.94. The van der Waals surface area contributed by atoms with Crippen LogP contribution in [0.15, 0.2) is 24.4 Å². The highest BCUT2D eigenvalue weighted by Gasteiger charge is 2.09. The highest BCUT2D eigenvalue weighted by atomic mass is 32.1. The van der Waals surface area contributed by atoms with Crippen molar-refractivity contribution in [1.29, 1.82) is 0 Å². The van der Waals surface area contributed by atoms with Crippen LogP contribution in [-0.4, -0.2) is 19.2 Å². The van der Waals surface area contributed by atoms with Crippen molar-refractivity contribution < 1.29 is 9.47 Å². The number of benzene rings is 1. The van der Waals surface area contributed by atoms with Crippen molar-refractivity contribution in [3.8, 4) is 21.9 Å². The molecule has 1 aromatic carbocycles. The molecule has 4 nitrogen and oxygen atoms in total. The molecule has 16 heavy (non-hydrogen) atoms. The molecule has 0 atom stereocenters. The Bertz CT molecular complexity index is 496. The molecular weight excluding hydrogens is 224 g/mol. The van der Waals surface area contributed by atoms with Crippen molar-refractivity contribution in [1.82, 2.24) is 4.98 Å². The van der Waals surface area contributed by atoms with Gasteiger partial charge in [0.05, 0.1) is 19.1 Å². The first kappa shape index (κ1) is 10.8. The van der Waals surface area contributed by atoms with Crippen LogP contribution in [0, 0.1) is 0 Å². The fourth-order valence-electron chi connectivity index (χ4n) is 1.41. The number of anilines is 1. The van der Waals surface area contributed by atoms with Crippen LogP contribution < -0.4 is 15.2 Å². The minimum Gasteiger partial charge on any atom is -0.497 e. The number of hydrogen-bond donors (Lipinski definition) is 1. The molecule has 0 unspecified atom stereocenters. The summed E-state index contributed by atoms with van der Waals surface area (Å²) < 4.78 is 10.4. The summed E-state index contributed by atoms with van der Waals surface area (Å²) in [5.74, 6) is 1.51. The Hall–Kier alpha value is -1.75. The summed E-state index contributed by atoms with van der Waals surface area (Å²) in [6, 6.07) is 5.66. The first-order valence-electron chi connectivity index (χ1n) is 4.68. The van der Waals surface area contributed by atoms with Crippen LogP contribution in [0.5, 0.6) is 11.5 Å². The summed E-state index contributed by atoms with van der Waals surface area (Å²) in [7, 11) is 3.25. The van der Waals surface area contributed by atoms with Crippen LogP contribution in [-0.2, 0) is 0 Å². The van der Waals surface area contributed by atoms with E-state index >= 15 is 0 Å². The van der Waals surface area contributed by atoms with Gasteiger partial charge in [-0.2, -0.15) is 0 Å². The van der Waals surface area contributed by atoms with Crippen LogP contribution in [0.25, 0.3) is 10.4 Å². The lowest BCUT2D eigenvalue weighted by Crippen LogP contribution is -1.89. The fraction of sp³-hybridized carbons (Fsp3) is 0.182. The summed E-state index contributed by atoms with van der Waals surface area (Å²) in [6.45, 7) is 0. The summed E-state index contributed by atoms with van der Waals surface area (Å²) in [5.41, 5.74) is 6.58. The maximum atomic E-state index is 5.61. The van der Waals surface area contributed by atoms with E-state index in [0.29, 0.717) is 5.13 Å². The summed E-state index contributed by atoms with van der Waals surface area (Å²) in [5, 5.41) is 0.549. The van der Waals surface area contributed by atoms with Gasteiger partial charge in [0.25, 0.3) is 0 Å². The van der Waals surface area contributed by atoms with Gasteiger partial charge in [0, 0.05) is 17.8 Å². The van der Waals surface area contributed by atoms with Crippen molar-refractivity contribution in [2.75, 3.05) is 20.0 Å². The Labute approximate surface area is 97.6 Å². The monoisotopic (exact) mass is 236 g/mol. The summed E-state index contributed by atoms with van der Waals surface area (Å²) in [4.78, 5) is 5.00. The zero-order chi connectivity index (χ0) is 11.5. The minimum atomic E-state index is 0.549. The SMILES string of the molecule is COc1ccc(-c2cnc(N)s2)c(OC)c1. The van der Waals surface area contributed by atoms with E-state index in [4.69, 9.17) is 15.2 Å². The van der Waals surface area contributed by atoms with Crippen LogP contribution >= 0.6 is 11.3 Å². The van der Waals surface area contributed by atoms with Gasteiger partial charge < -0.3 is 15.2 Å². The Balaban J connectivity index is 2.48. The first-order valence-corrected chi connectivity index (χ1v) is 5.50. The maximum absolute atomic E-state index is 5.61. The lowest BCUT2D eigenvalue weighted by Gasteiger charge is -2.08. The van der Waals surface area contributed by atoms with Crippen LogP contribution in [0.3, 0.4) is 0 Å². The smallest absolute Gasteiger partial charge is 0.180 e. The largest absolute Gasteiger partial charge is 0.497 e. The van der Waals surface area contributed by atoms with Crippen LogP contribution in [0.4, 0.5) is 5.13 Å². The van der Waals surface area contributed by atoms with E-state index in [9.17, 15) is 0 Å². The molecule has 0 aliphatic heterocycles. The van der Waals surface area contributed by atoms with E-state index in [-0.39, 0.29) is 0 Å². The number of thiazole rings is 1. The van der Waals surface area contributed by atoms with Crippen molar-refractivity contribution in [2.45, 2.75) is 0 Å². The van der Waals surface area contributed by atoms with Crippen LogP contribution in [0.1, 0.15) is 0 Å². The molecule has 0 aliphatic rings. The van der Waals surface area contributed by atoms with E-state index in [0.717, 1.165) is 21.9 Å². The molecule has 5 heteroatoms. The predicted molar refractivity (Wildman–Crippen MR) is 65.1 cm³/mol. The van der Waals surface area contributed by atoms with E-state index in [1.807, 2.05) is 18.2 Å². The van der Waals surface area contributed by atoms with Gasteiger partial charge in [-0.25, -0.2) is 4.98 Å². The fourth-order valence-corrected chi connectivity index (χ4v) is 2.13. The van der Waals surface area contributed by atoms with Gasteiger partial charge in [0.15, 0.2) is 5.13 Å². The molecule has 0 radical (unpaired) electrons. The highest BCUT2D eigenvalue weighted by molar-refractivity contribution is 7.18. The molecule has 2 aromatic rings. The molecule has 0 fully saturated rings. The van der Waals surface area contributed by atoms with Gasteiger partial charge in [-0.05, 0) is 12.1 Å². The molecule has 0 saturated carbocycles. The minimum absolute atomic E-state index is 0.549. The maximum Gasteiger partial charge on any atom is 0.180 e. The van der Waals surface area contributed by atoms with Gasteiger partial charge in [-0.1, -0.05) is 11.3 Å². The Kier molecular flexibility index (Phi) is 2.96. The number of methoxy groups -OCH3 is 2. The van der Waals surface area contributed by atoms with Crippen molar-refractivity contribution in [2.24, 2.45) is 0 Å². The summed E-state index contributed by atoms with van der Waals surface area (Å²) >= 11 is 1.43. The topological polar surface area (TPSA) is 57.4 Å². The zero-order valence-electron chi connectivity index (χ0n) is 9.06. The van der Waals surface area contributed by atoms with E-state index < -0.39 is 0 Å². The molecule has 0 aliphatic carbocycles. The molecule has 0 bridgehead atoms. The molecule has 0 saturated heterocycles. The number of nitrogens with two attached hydrogens (primary N) is 1. The Morgan fingerprint density at radius 2 is 2.06 bits per heavy atom. The van der Waals surface area contributed by atoms with E-state index in [1.54, 1.807) is 20.4 Å². The van der Waals surface area contributed by atoms with Crippen molar-refractivity contribution in [3.05, 3.63) is 24.4 Å². The number of rotatable bonds is 3. The molecule has 0 amide bonds. The van der Waals surface area contributed by atoms with Gasteiger partial charge in [0.1, 0.15) is 11.5 Å². The predicted octanol–water partition coefficient (Wildman–Crippen LogP) is 2.41. The van der Waals surface area contributed by atoms with E-state index in [2.05, 4.69) is 4.98 Å². The Morgan fingerprint density at radius 1 is 1.25 bits per heavy atom. The molecule has 84 valence electrons. The quantitative estimate of drug-likeness (QED) is 0.889. The lowest BCUT2D eigenvalue weighted by molar-refractivity contribution is 0.395. The third-order valence-corrected chi connectivity index (χ3v) is 3.06. The standard InChI is InChI=1S/C11H12N2O2S/c1-14-7-3-4-8(9(5-7)15-2)10-6-13-11(12)16-10/h3-6H,1-2H3,(H2,12,13). The second-order valence-electron chi connectivity index (χ2n) is 3.13. The number of nitrogens with zero attached hydrogens (tertiary/aromatic N) is 1. The second-order valence-corrected chi connectivity index (χ2v) is 4.19. The van der Waals surface area contributed by atoms with Crippen molar-refractivity contribution in [3.63, 3.8) is 0 Å². The molecule has 1 heterocycles. The molecule has 1 aromatic heterocycles. The lowest BCUT2D eigenvalue weighted by atomic mass is 10.1. The van der Waals surface area contributed by atoms with Gasteiger partial charge >= 0.3 is 0 Å². The first-order chi connectivity index (χ1) is 7.74.